The molecule has 0 radical (unpaired) electrons. The van der Waals surface area contributed by atoms with E-state index in [4.69, 9.17) is 4.74 Å². The van der Waals surface area contributed by atoms with Gasteiger partial charge in [0, 0.05) is 0 Å². The number of ether oxygens (including phenoxy) is 1. The first-order valence-electron chi connectivity index (χ1n) is 7.42. The third-order valence-electron chi connectivity index (χ3n) is 3.44. The van der Waals surface area contributed by atoms with Gasteiger partial charge in [-0.25, -0.2) is 0 Å². The first kappa shape index (κ1) is 15.5. The molecular weight excluding hydrogens is 314 g/mol. The maximum Gasteiger partial charge on any atom is 0.284 e. The van der Waals surface area contributed by atoms with E-state index < -0.39 is 10.0 Å². The van der Waals surface area contributed by atoms with Crippen molar-refractivity contribution >= 4 is 21.1 Å². The van der Waals surface area contributed by atoms with E-state index in [1.807, 2.05) is 0 Å². The van der Waals surface area contributed by atoms with Gasteiger partial charge in [-0.05, 0) is 42.8 Å². The van der Waals surface area contributed by atoms with Crippen LogP contribution in [0.15, 0.2) is 53.4 Å². The molecule has 7 heteroatoms. The number of para-hydroxylation sites is 1. The van der Waals surface area contributed by atoms with Gasteiger partial charge < -0.3 is 4.74 Å². The third-order valence-corrected chi connectivity index (χ3v) is 5.03. The summed E-state index contributed by atoms with van der Waals surface area (Å²) in [4.78, 5) is 0.149. The molecule has 1 heterocycles. The molecule has 120 valence electrons. The monoisotopic (exact) mass is 331 g/mol. The third kappa shape index (κ3) is 3.05. The molecule has 0 unspecified atom stereocenters. The number of fused-ring (bicyclic) bond motifs is 1. The molecule has 2 aromatic carbocycles. The second-order valence-corrected chi connectivity index (χ2v) is 6.87. The van der Waals surface area contributed by atoms with Crippen LogP contribution in [0.1, 0.15) is 19.8 Å². The minimum atomic E-state index is -3.78. The van der Waals surface area contributed by atoms with Crippen molar-refractivity contribution in [3.63, 3.8) is 0 Å². The molecule has 0 amide bonds. The molecule has 0 spiro atoms. The van der Waals surface area contributed by atoms with Gasteiger partial charge in [0.25, 0.3) is 10.0 Å². The number of unbranched alkanes of at least 4 members (excludes halogenated alkanes) is 1. The maximum atomic E-state index is 12.7. The van der Waals surface area contributed by atoms with Crippen LogP contribution in [0.3, 0.4) is 0 Å². The van der Waals surface area contributed by atoms with Crippen LogP contribution in [0, 0.1) is 0 Å². The van der Waals surface area contributed by atoms with E-state index in [9.17, 15) is 8.42 Å². The van der Waals surface area contributed by atoms with Crippen molar-refractivity contribution < 1.29 is 13.2 Å². The predicted octanol–water partition coefficient (Wildman–Crippen LogP) is 2.85. The summed E-state index contributed by atoms with van der Waals surface area (Å²) in [5, 5.41) is 7.66. The summed E-state index contributed by atoms with van der Waals surface area (Å²) in [5.74, 6) is 0.654. The van der Waals surface area contributed by atoms with Gasteiger partial charge in [0.15, 0.2) is 0 Å². The first-order valence-corrected chi connectivity index (χ1v) is 8.86. The number of benzene rings is 2. The Bertz CT molecular complexity index is 902. The highest BCUT2D eigenvalue weighted by molar-refractivity contribution is 7.90. The largest absolute Gasteiger partial charge is 0.494 e. The Morgan fingerprint density at radius 2 is 1.83 bits per heavy atom. The summed E-state index contributed by atoms with van der Waals surface area (Å²) in [6, 6.07) is 13.3. The van der Waals surface area contributed by atoms with Crippen molar-refractivity contribution in [3.8, 4) is 5.75 Å². The van der Waals surface area contributed by atoms with Gasteiger partial charge in [-0.2, -0.15) is 8.42 Å². The fourth-order valence-corrected chi connectivity index (χ4v) is 3.39. The van der Waals surface area contributed by atoms with Crippen LogP contribution in [0.5, 0.6) is 5.75 Å². The molecule has 0 aliphatic heterocycles. The Morgan fingerprint density at radius 1 is 1.09 bits per heavy atom. The zero-order valence-corrected chi connectivity index (χ0v) is 13.5. The smallest absolute Gasteiger partial charge is 0.284 e. The van der Waals surface area contributed by atoms with Crippen LogP contribution in [0.25, 0.3) is 11.0 Å². The van der Waals surface area contributed by atoms with E-state index in [1.165, 1.54) is 12.1 Å². The molecule has 0 saturated heterocycles. The zero-order valence-electron chi connectivity index (χ0n) is 12.7. The Balaban J connectivity index is 1.90. The Hall–Kier alpha value is -2.41. The standard InChI is InChI=1S/C16H17N3O3S/c1-2-3-12-22-13-8-10-14(11-9-13)23(20,21)19-16-7-5-4-6-15(16)17-18-19/h4-11H,2-3,12H2,1H3. The van der Waals surface area contributed by atoms with Gasteiger partial charge in [-0.15, -0.1) is 9.19 Å². The van der Waals surface area contributed by atoms with Gasteiger partial charge in [0.05, 0.1) is 11.5 Å². The zero-order chi connectivity index (χ0) is 16.3. The Morgan fingerprint density at radius 3 is 2.57 bits per heavy atom. The predicted molar refractivity (Wildman–Crippen MR) is 87.0 cm³/mol. The van der Waals surface area contributed by atoms with E-state index in [1.54, 1.807) is 36.4 Å². The molecule has 0 atom stereocenters. The highest BCUT2D eigenvalue weighted by atomic mass is 32.2. The number of hydrogen-bond donors (Lipinski definition) is 0. The van der Waals surface area contributed by atoms with Crippen molar-refractivity contribution in [1.29, 1.82) is 0 Å². The minimum Gasteiger partial charge on any atom is -0.494 e. The van der Waals surface area contributed by atoms with E-state index in [0.717, 1.165) is 16.9 Å². The maximum absolute atomic E-state index is 12.7. The lowest BCUT2D eigenvalue weighted by Crippen LogP contribution is -2.14. The van der Waals surface area contributed by atoms with Crippen molar-refractivity contribution in [2.45, 2.75) is 24.7 Å². The van der Waals surface area contributed by atoms with E-state index in [2.05, 4.69) is 17.2 Å². The van der Waals surface area contributed by atoms with Crippen molar-refractivity contribution in [1.82, 2.24) is 14.4 Å². The number of hydrogen-bond acceptors (Lipinski definition) is 5. The lowest BCUT2D eigenvalue weighted by atomic mass is 10.3. The summed E-state index contributed by atoms with van der Waals surface area (Å²) < 4.78 is 31.9. The van der Waals surface area contributed by atoms with Crippen LogP contribution >= 0.6 is 0 Å². The molecule has 1 aromatic heterocycles. The molecule has 0 bridgehead atoms. The van der Waals surface area contributed by atoms with Crippen LogP contribution < -0.4 is 4.74 Å². The van der Waals surface area contributed by atoms with E-state index >= 15 is 0 Å². The fourth-order valence-electron chi connectivity index (χ4n) is 2.17. The SMILES string of the molecule is CCCCOc1ccc(S(=O)(=O)n2nnc3ccccc32)cc1. The molecule has 0 aliphatic rings. The highest BCUT2D eigenvalue weighted by Crippen LogP contribution is 2.21. The molecule has 0 aliphatic carbocycles. The number of aromatic nitrogens is 3. The molecule has 3 rings (SSSR count). The second kappa shape index (κ2) is 6.37. The van der Waals surface area contributed by atoms with Crippen molar-refractivity contribution in [2.75, 3.05) is 6.61 Å². The normalized spacial score (nSPS) is 11.7. The van der Waals surface area contributed by atoms with Crippen molar-refractivity contribution in [3.05, 3.63) is 48.5 Å². The molecule has 3 aromatic rings. The van der Waals surface area contributed by atoms with Gasteiger partial charge in [0.2, 0.25) is 0 Å². The summed E-state index contributed by atoms with van der Waals surface area (Å²) in [7, 11) is -3.78. The topological polar surface area (TPSA) is 74.1 Å². The Labute approximate surface area is 134 Å². The number of nitrogens with zero attached hydrogens (tertiary/aromatic N) is 3. The van der Waals surface area contributed by atoms with Crippen LogP contribution in [0.4, 0.5) is 0 Å². The minimum absolute atomic E-state index is 0.149. The van der Waals surface area contributed by atoms with Gasteiger partial charge in [-0.1, -0.05) is 30.7 Å². The molecule has 0 saturated carbocycles. The van der Waals surface area contributed by atoms with Gasteiger partial charge in [0.1, 0.15) is 16.8 Å². The van der Waals surface area contributed by atoms with Gasteiger partial charge >= 0.3 is 0 Å². The highest BCUT2D eigenvalue weighted by Gasteiger charge is 2.21. The van der Waals surface area contributed by atoms with Crippen LogP contribution in [0.2, 0.25) is 0 Å². The van der Waals surface area contributed by atoms with Crippen LogP contribution in [-0.4, -0.2) is 29.4 Å². The molecule has 0 fully saturated rings. The molecule has 6 nitrogen and oxygen atoms in total. The summed E-state index contributed by atoms with van der Waals surface area (Å²) in [6.45, 7) is 2.71. The molecular formula is C16H17N3O3S. The van der Waals surface area contributed by atoms with Crippen LogP contribution in [-0.2, 0) is 10.0 Å². The lowest BCUT2D eigenvalue weighted by molar-refractivity contribution is 0.309. The quantitative estimate of drug-likeness (QED) is 0.649. The Kier molecular flexibility index (Phi) is 4.29. The second-order valence-electron chi connectivity index (χ2n) is 5.10. The lowest BCUT2D eigenvalue weighted by Gasteiger charge is -2.07. The first-order chi connectivity index (χ1) is 11.1. The van der Waals surface area contributed by atoms with E-state index in [-0.39, 0.29) is 4.90 Å². The molecule has 0 N–H and O–H groups in total. The summed E-state index contributed by atoms with van der Waals surface area (Å²) >= 11 is 0. The van der Waals surface area contributed by atoms with Gasteiger partial charge in [-0.3, -0.25) is 0 Å². The van der Waals surface area contributed by atoms with Crippen molar-refractivity contribution in [2.24, 2.45) is 0 Å². The van der Waals surface area contributed by atoms with E-state index in [0.29, 0.717) is 23.4 Å². The summed E-state index contributed by atoms with van der Waals surface area (Å²) in [5.41, 5.74) is 0.992. The number of rotatable bonds is 6. The average Bonchev–Trinajstić information content (AvgIpc) is 3.00. The summed E-state index contributed by atoms with van der Waals surface area (Å²) in [6.07, 6.45) is 2.01. The fraction of sp³-hybridized carbons (Fsp3) is 0.250. The average molecular weight is 331 g/mol. The molecule has 23 heavy (non-hydrogen) atoms.